The highest BCUT2D eigenvalue weighted by Crippen LogP contribution is 2.24. The van der Waals surface area contributed by atoms with Crippen LogP contribution in [-0.4, -0.2) is 23.5 Å². The van der Waals surface area contributed by atoms with Gasteiger partial charge in [0.25, 0.3) is 0 Å². The number of nitrogens with one attached hydrogen (secondary N) is 1. The van der Waals surface area contributed by atoms with Crippen LogP contribution < -0.4 is 5.32 Å². The number of thiophene rings is 1. The fraction of sp³-hybridized carbons (Fsp3) is 0.765. The van der Waals surface area contributed by atoms with Crippen LogP contribution in [0.3, 0.4) is 0 Å². The van der Waals surface area contributed by atoms with Crippen molar-refractivity contribution < 1.29 is 0 Å². The van der Waals surface area contributed by atoms with Gasteiger partial charge in [0.05, 0.1) is 0 Å². The summed E-state index contributed by atoms with van der Waals surface area (Å²) in [6.45, 7) is 13.7. The van der Waals surface area contributed by atoms with Gasteiger partial charge in [-0.15, -0.1) is 11.3 Å². The normalized spacial score (nSPS) is 18.2. The minimum absolute atomic E-state index is 0.197. The summed E-state index contributed by atoms with van der Waals surface area (Å²) < 4.78 is 0. The number of rotatable bonds is 4. The van der Waals surface area contributed by atoms with Gasteiger partial charge in [0.15, 0.2) is 0 Å². The number of hydrogen-bond donors (Lipinski definition) is 1. The summed E-state index contributed by atoms with van der Waals surface area (Å²) in [6, 6.07) is 2.42. The molecule has 1 aromatic rings. The maximum Gasteiger partial charge on any atom is 0.0304 e. The molecule has 0 aliphatic carbocycles. The van der Waals surface area contributed by atoms with E-state index in [4.69, 9.17) is 0 Å². The van der Waals surface area contributed by atoms with Crippen LogP contribution in [0.15, 0.2) is 6.07 Å². The Kier molecular flexibility index (Phi) is 5.65. The van der Waals surface area contributed by atoms with E-state index >= 15 is 0 Å². The molecule has 0 bridgehead atoms. The van der Waals surface area contributed by atoms with Crippen LogP contribution in [0.25, 0.3) is 0 Å². The fourth-order valence-corrected chi connectivity index (χ4v) is 3.71. The van der Waals surface area contributed by atoms with Gasteiger partial charge in [-0.05, 0) is 65.3 Å². The van der Waals surface area contributed by atoms with Crippen LogP contribution in [0.2, 0.25) is 0 Å². The summed E-state index contributed by atoms with van der Waals surface area (Å²) in [5.74, 6) is 0. The molecule has 0 saturated carbocycles. The smallest absolute Gasteiger partial charge is 0.0304 e. The number of hydrogen-bond acceptors (Lipinski definition) is 3. The lowest BCUT2D eigenvalue weighted by atomic mass is 10.1. The summed E-state index contributed by atoms with van der Waals surface area (Å²) in [5.41, 5.74) is 1.74. The average molecular weight is 295 g/mol. The Morgan fingerprint density at radius 1 is 1.15 bits per heavy atom. The topological polar surface area (TPSA) is 15.3 Å². The highest BCUT2D eigenvalue weighted by molar-refractivity contribution is 7.12. The minimum atomic E-state index is 0.197. The van der Waals surface area contributed by atoms with Gasteiger partial charge in [0, 0.05) is 28.4 Å². The first-order valence-corrected chi connectivity index (χ1v) is 8.81. The molecule has 1 N–H and O–H groups in total. The second-order valence-corrected chi connectivity index (χ2v) is 8.43. The summed E-state index contributed by atoms with van der Waals surface area (Å²) in [5, 5.41) is 3.59. The molecule has 2 heterocycles. The van der Waals surface area contributed by atoms with Gasteiger partial charge in [-0.2, -0.15) is 0 Å². The standard InChI is InChI=1S/C17H30N2S/c1-14-15(13-19-9-7-5-6-8-10-19)11-16(20-14)12-18-17(2,3)4/h11,18H,5-10,12-13H2,1-4H3. The predicted molar refractivity (Wildman–Crippen MR) is 89.4 cm³/mol. The lowest BCUT2D eigenvalue weighted by molar-refractivity contribution is 0.277. The molecule has 1 aliphatic rings. The lowest BCUT2D eigenvalue weighted by Crippen LogP contribution is -2.34. The third-order valence-electron chi connectivity index (χ3n) is 3.96. The molecule has 0 amide bonds. The zero-order valence-corrected chi connectivity index (χ0v) is 14.4. The molecule has 1 saturated heterocycles. The van der Waals surface area contributed by atoms with E-state index in [2.05, 4.69) is 44.0 Å². The van der Waals surface area contributed by atoms with Crippen LogP contribution >= 0.6 is 11.3 Å². The average Bonchev–Trinajstić information content (AvgIpc) is 2.57. The van der Waals surface area contributed by atoms with Crippen molar-refractivity contribution in [3.63, 3.8) is 0 Å². The van der Waals surface area contributed by atoms with E-state index in [0.717, 1.165) is 13.1 Å². The maximum absolute atomic E-state index is 3.59. The fourth-order valence-electron chi connectivity index (χ4n) is 2.72. The highest BCUT2D eigenvalue weighted by atomic mass is 32.1. The lowest BCUT2D eigenvalue weighted by Gasteiger charge is -2.20. The van der Waals surface area contributed by atoms with Crippen molar-refractivity contribution in [1.82, 2.24) is 10.2 Å². The van der Waals surface area contributed by atoms with Crippen molar-refractivity contribution in [3.8, 4) is 0 Å². The van der Waals surface area contributed by atoms with E-state index in [9.17, 15) is 0 Å². The van der Waals surface area contributed by atoms with Crippen LogP contribution in [0.5, 0.6) is 0 Å². The van der Waals surface area contributed by atoms with Crippen molar-refractivity contribution in [2.24, 2.45) is 0 Å². The molecule has 3 heteroatoms. The zero-order valence-electron chi connectivity index (χ0n) is 13.6. The Labute approximate surface area is 128 Å². The highest BCUT2D eigenvalue weighted by Gasteiger charge is 2.14. The monoisotopic (exact) mass is 294 g/mol. The van der Waals surface area contributed by atoms with Gasteiger partial charge >= 0.3 is 0 Å². The summed E-state index contributed by atoms with van der Waals surface area (Å²) in [4.78, 5) is 5.62. The molecule has 114 valence electrons. The van der Waals surface area contributed by atoms with Gasteiger partial charge in [0.2, 0.25) is 0 Å². The second-order valence-electron chi connectivity index (χ2n) is 7.09. The number of likely N-dealkylation sites (tertiary alicyclic amines) is 1. The van der Waals surface area contributed by atoms with Crippen LogP contribution in [0, 0.1) is 6.92 Å². The van der Waals surface area contributed by atoms with Gasteiger partial charge < -0.3 is 5.32 Å². The number of aryl methyl sites for hydroxylation is 1. The van der Waals surface area contributed by atoms with E-state index in [1.165, 1.54) is 48.5 Å². The Balaban J connectivity index is 1.92. The third kappa shape index (κ3) is 5.19. The number of nitrogens with zero attached hydrogens (tertiary/aromatic N) is 1. The van der Waals surface area contributed by atoms with Crippen molar-refractivity contribution in [1.29, 1.82) is 0 Å². The van der Waals surface area contributed by atoms with E-state index in [-0.39, 0.29) is 5.54 Å². The first-order valence-electron chi connectivity index (χ1n) is 7.99. The molecule has 1 fully saturated rings. The molecule has 0 atom stereocenters. The van der Waals surface area contributed by atoms with Crippen molar-refractivity contribution >= 4 is 11.3 Å². The molecule has 0 aromatic carbocycles. The molecular formula is C17H30N2S. The van der Waals surface area contributed by atoms with E-state index in [1.54, 1.807) is 5.56 Å². The summed E-state index contributed by atoms with van der Waals surface area (Å²) in [7, 11) is 0. The van der Waals surface area contributed by atoms with E-state index in [1.807, 2.05) is 11.3 Å². The van der Waals surface area contributed by atoms with Gasteiger partial charge in [-0.3, -0.25) is 4.90 Å². The Hall–Kier alpha value is -0.380. The SMILES string of the molecule is Cc1sc(CNC(C)(C)C)cc1CN1CCCCCC1. The molecule has 2 rings (SSSR count). The molecule has 1 aliphatic heterocycles. The summed E-state index contributed by atoms with van der Waals surface area (Å²) >= 11 is 1.96. The van der Waals surface area contributed by atoms with Crippen LogP contribution in [-0.2, 0) is 13.1 Å². The summed E-state index contributed by atoms with van der Waals surface area (Å²) in [6.07, 6.45) is 5.59. The van der Waals surface area contributed by atoms with Crippen molar-refractivity contribution in [2.75, 3.05) is 13.1 Å². The zero-order chi connectivity index (χ0) is 14.6. The van der Waals surface area contributed by atoms with E-state index < -0.39 is 0 Å². The van der Waals surface area contributed by atoms with Crippen LogP contribution in [0.1, 0.15) is 61.8 Å². The van der Waals surface area contributed by atoms with Gasteiger partial charge in [-0.25, -0.2) is 0 Å². The molecule has 0 unspecified atom stereocenters. The van der Waals surface area contributed by atoms with Crippen molar-refractivity contribution in [2.45, 2.75) is 72.0 Å². The molecule has 1 aromatic heterocycles. The molecule has 20 heavy (non-hydrogen) atoms. The van der Waals surface area contributed by atoms with Crippen LogP contribution in [0.4, 0.5) is 0 Å². The molecule has 2 nitrogen and oxygen atoms in total. The first kappa shape index (κ1) is 16.0. The van der Waals surface area contributed by atoms with E-state index in [0.29, 0.717) is 0 Å². The minimum Gasteiger partial charge on any atom is -0.307 e. The maximum atomic E-state index is 3.59. The third-order valence-corrected chi connectivity index (χ3v) is 5.05. The van der Waals surface area contributed by atoms with Gasteiger partial charge in [0.1, 0.15) is 0 Å². The first-order chi connectivity index (χ1) is 9.44. The predicted octanol–water partition coefficient (Wildman–Crippen LogP) is 4.32. The Morgan fingerprint density at radius 3 is 2.40 bits per heavy atom. The molecular weight excluding hydrogens is 264 g/mol. The quantitative estimate of drug-likeness (QED) is 0.889. The largest absolute Gasteiger partial charge is 0.307 e. The molecule has 0 spiro atoms. The Bertz CT molecular complexity index is 409. The molecule has 0 radical (unpaired) electrons. The second kappa shape index (κ2) is 7.06. The Morgan fingerprint density at radius 2 is 1.80 bits per heavy atom. The van der Waals surface area contributed by atoms with Gasteiger partial charge in [-0.1, -0.05) is 12.8 Å². The van der Waals surface area contributed by atoms with Crippen molar-refractivity contribution in [3.05, 3.63) is 21.4 Å².